The molecule has 0 saturated heterocycles. The normalized spacial score (nSPS) is 11.5. The van der Waals surface area contributed by atoms with Gasteiger partial charge in [0.15, 0.2) is 0 Å². The van der Waals surface area contributed by atoms with Gasteiger partial charge in [0.25, 0.3) is 0 Å². The van der Waals surface area contributed by atoms with Crippen molar-refractivity contribution in [2.45, 2.75) is 46.5 Å². The molecule has 0 aliphatic heterocycles. The van der Waals surface area contributed by atoms with E-state index in [9.17, 15) is 0 Å². The molecule has 1 rings (SSSR count). The fraction of sp³-hybridized carbons (Fsp3) is 0.600. The number of hydrogen-bond acceptors (Lipinski definition) is 1. The van der Waals surface area contributed by atoms with Gasteiger partial charge in [0.1, 0.15) is 5.75 Å². The second-order valence-electron chi connectivity index (χ2n) is 5.26. The van der Waals surface area contributed by atoms with Crippen LogP contribution in [0.1, 0.15) is 45.6 Å². The van der Waals surface area contributed by atoms with Crippen LogP contribution in [0.3, 0.4) is 0 Å². The van der Waals surface area contributed by atoms with Crippen LogP contribution in [-0.4, -0.2) is 7.11 Å². The van der Waals surface area contributed by atoms with Crippen molar-refractivity contribution in [3.05, 3.63) is 29.8 Å². The van der Waals surface area contributed by atoms with E-state index in [0.717, 1.165) is 12.2 Å². The van der Waals surface area contributed by atoms with Gasteiger partial charge in [-0.15, -0.1) is 0 Å². The Labute approximate surface area is 99.8 Å². The molecular weight excluding hydrogens is 196 g/mol. The Bertz CT molecular complexity index is 298. The van der Waals surface area contributed by atoms with Crippen LogP contribution in [-0.2, 0) is 6.42 Å². The molecule has 16 heavy (non-hydrogen) atoms. The number of methoxy groups -OCH3 is 1. The smallest absolute Gasteiger partial charge is 0.118 e. The predicted octanol–water partition coefficient (Wildman–Crippen LogP) is 4.45. The number of benzene rings is 1. The largest absolute Gasteiger partial charge is 0.497 e. The van der Waals surface area contributed by atoms with E-state index in [1.165, 1.54) is 24.8 Å². The minimum absolute atomic E-state index is 0.467. The summed E-state index contributed by atoms with van der Waals surface area (Å²) >= 11 is 0. The summed E-state index contributed by atoms with van der Waals surface area (Å²) in [6, 6.07) is 8.42. The van der Waals surface area contributed by atoms with E-state index in [1.807, 2.05) is 12.1 Å². The van der Waals surface area contributed by atoms with E-state index in [1.54, 1.807) is 7.11 Å². The van der Waals surface area contributed by atoms with Gasteiger partial charge in [-0.1, -0.05) is 39.3 Å². The molecule has 0 fully saturated rings. The van der Waals surface area contributed by atoms with Crippen molar-refractivity contribution in [2.75, 3.05) is 7.11 Å². The molecular formula is C15H24O. The Morgan fingerprint density at radius 1 is 1.06 bits per heavy atom. The molecule has 0 heterocycles. The third-order valence-electron chi connectivity index (χ3n) is 3.18. The molecule has 0 bridgehead atoms. The summed E-state index contributed by atoms with van der Waals surface area (Å²) in [5.41, 5.74) is 1.87. The lowest BCUT2D eigenvalue weighted by Gasteiger charge is -2.23. The Balaban J connectivity index is 2.48. The second kappa shape index (κ2) is 5.93. The lowest BCUT2D eigenvalue weighted by atomic mass is 9.82. The highest BCUT2D eigenvalue weighted by Crippen LogP contribution is 2.28. The average molecular weight is 220 g/mol. The molecule has 0 radical (unpaired) electrons. The fourth-order valence-corrected chi connectivity index (χ4v) is 2.08. The van der Waals surface area contributed by atoms with Crippen molar-refractivity contribution < 1.29 is 4.74 Å². The molecule has 0 N–H and O–H groups in total. The molecule has 1 aromatic carbocycles. The standard InChI is InChI=1S/C15H24O/c1-5-11-15(2,3)12-10-13-6-8-14(16-4)9-7-13/h6-9H,5,10-12H2,1-4H3. The van der Waals surface area contributed by atoms with Crippen molar-refractivity contribution in [2.24, 2.45) is 5.41 Å². The van der Waals surface area contributed by atoms with E-state index in [0.29, 0.717) is 5.41 Å². The first-order valence-electron chi connectivity index (χ1n) is 6.20. The highest BCUT2D eigenvalue weighted by Gasteiger charge is 2.15. The fourth-order valence-electron chi connectivity index (χ4n) is 2.08. The zero-order valence-corrected chi connectivity index (χ0v) is 11.0. The maximum atomic E-state index is 5.15. The number of rotatable bonds is 6. The van der Waals surface area contributed by atoms with Gasteiger partial charge < -0.3 is 4.74 Å². The number of ether oxygens (including phenoxy) is 1. The van der Waals surface area contributed by atoms with Crippen LogP contribution < -0.4 is 4.74 Å². The monoisotopic (exact) mass is 220 g/mol. The summed E-state index contributed by atoms with van der Waals surface area (Å²) in [5.74, 6) is 0.941. The first-order valence-corrected chi connectivity index (χ1v) is 6.20. The van der Waals surface area contributed by atoms with Crippen molar-refractivity contribution in [1.82, 2.24) is 0 Å². The third kappa shape index (κ3) is 4.26. The maximum Gasteiger partial charge on any atom is 0.118 e. The predicted molar refractivity (Wildman–Crippen MR) is 70.0 cm³/mol. The first-order chi connectivity index (χ1) is 7.57. The van der Waals surface area contributed by atoms with Crippen LogP contribution >= 0.6 is 0 Å². The van der Waals surface area contributed by atoms with E-state index >= 15 is 0 Å². The van der Waals surface area contributed by atoms with Crippen LogP contribution in [0.15, 0.2) is 24.3 Å². The van der Waals surface area contributed by atoms with Gasteiger partial charge in [-0.25, -0.2) is 0 Å². The molecule has 0 aliphatic rings. The molecule has 1 aromatic rings. The Morgan fingerprint density at radius 2 is 1.69 bits per heavy atom. The van der Waals surface area contributed by atoms with Crippen molar-refractivity contribution in [3.8, 4) is 5.75 Å². The molecule has 0 spiro atoms. The Morgan fingerprint density at radius 3 is 2.19 bits per heavy atom. The van der Waals surface area contributed by atoms with Crippen LogP contribution in [0.4, 0.5) is 0 Å². The summed E-state index contributed by atoms with van der Waals surface area (Å²) < 4.78 is 5.15. The van der Waals surface area contributed by atoms with Crippen molar-refractivity contribution >= 4 is 0 Å². The SMILES string of the molecule is CCCC(C)(C)CCc1ccc(OC)cc1. The first kappa shape index (κ1) is 13.1. The highest BCUT2D eigenvalue weighted by molar-refractivity contribution is 5.27. The average Bonchev–Trinajstić information content (AvgIpc) is 2.27. The van der Waals surface area contributed by atoms with Crippen LogP contribution in [0.25, 0.3) is 0 Å². The van der Waals surface area contributed by atoms with Gasteiger partial charge >= 0.3 is 0 Å². The summed E-state index contributed by atoms with van der Waals surface area (Å²) in [5, 5.41) is 0. The molecule has 0 unspecified atom stereocenters. The van der Waals surface area contributed by atoms with Crippen molar-refractivity contribution in [1.29, 1.82) is 0 Å². The number of hydrogen-bond donors (Lipinski definition) is 0. The minimum Gasteiger partial charge on any atom is -0.497 e. The quantitative estimate of drug-likeness (QED) is 0.688. The highest BCUT2D eigenvalue weighted by atomic mass is 16.5. The van der Waals surface area contributed by atoms with E-state index in [2.05, 4.69) is 32.9 Å². The van der Waals surface area contributed by atoms with Gasteiger partial charge in [-0.2, -0.15) is 0 Å². The summed E-state index contributed by atoms with van der Waals surface area (Å²) in [4.78, 5) is 0. The molecule has 0 atom stereocenters. The Kier molecular flexibility index (Phi) is 4.85. The van der Waals surface area contributed by atoms with E-state index in [-0.39, 0.29) is 0 Å². The summed E-state index contributed by atoms with van der Waals surface area (Å²) in [6.07, 6.45) is 5.00. The van der Waals surface area contributed by atoms with Gasteiger partial charge in [-0.05, 0) is 42.4 Å². The summed E-state index contributed by atoms with van der Waals surface area (Å²) in [7, 11) is 1.71. The number of aryl methyl sites for hydroxylation is 1. The zero-order chi connectivity index (χ0) is 12.0. The Hall–Kier alpha value is -0.980. The maximum absolute atomic E-state index is 5.15. The molecule has 0 aromatic heterocycles. The van der Waals surface area contributed by atoms with Gasteiger partial charge in [0.2, 0.25) is 0 Å². The van der Waals surface area contributed by atoms with Gasteiger partial charge in [0, 0.05) is 0 Å². The van der Waals surface area contributed by atoms with Gasteiger partial charge in [0.05, 0.1) is 7.11 Å². The molecule has 90 valence electrons. The van der Waals surface area contributed by atoms with Crippen LogP contribution in [0.5, 0.6) is 5.75 Å². The molecule has 1 nitrogen and oxygen atoms in total. The van der Waals surface area contributed by atoms with E-state index in [4.69, 9.17) is 4.74 Å². The van der Waals surface area contributed by atoms with Gasteiger partial charge in [-0.3, -0.25) is 0 Å². The molecule has 0 amide bonds. The molecule has 1 heteroatoms. The van der Waals surface area contributed by atoms with Crippen LogP contribution in [0, 0.1) is 5.41 Å². The van der Waals surface area contributed by atoms with Crippen LogP contribution in [0.2, 0.25) is 0 Å². The lowest BCUT2D eigenvalue weighted by Crippen LogP contribution is -2.11. The topological polar surface area (TPSA) is 9.23 Å². The lowest BCUT2D eigenvalue weighted by molar-refractivity contribution is 0.304. The molecule has 0 aliphatic carbocycles. The van der Waals surface area contributed by atoms with E-state index < -0.39 is 0 Å². The third-order valence-corrected chi connectivity index (χ3v) is 3.18. The van der Waals surface area contributed by atoms with Crippen molar-refractivity contribution in [3.63, 3.8) is 0 Å². The summed E-state index contributed by atoms with van der Waals surface area (Å²) in [6.45, 7) is 6.98. The zero-order valence-electron chi connectivity index (χ0n) is 11.0. The minimum atomic E-state index is 0.467. The second-order valence-corrected chi connectivity index (χ2v) is 5.26. The molecule has 0 saturated carbocycles.